The number of nitrogens with zero attached hydrogens (tertiary/aromatic N) is 4. The van der Waals surface area contributed by atoms with Gasteiger partial charge in [0.1, 0.15) is 5.76 Å². The Balaban J connectivity index is 1.83. The summed E-state index contributed by atoms with van der Waals surface area (Å²) in [5.74, 6) is 1.77. The number of aryl methyl sites for hydroxylation is 2. The van der Waals surface area contributed by atoms with Gasteiger partial charge in [0.2, 0.25) is 11.8 Å². The molecule has 2 atom stereocenters. The molecule has 0 unspecified atom stereocenters. The van der Waals surface area contributed by atoms with E-state index in [9.17, 15) is 4.79 Å². The van der Waals surface area contributed by atoms with Crippen LogP contribution in [0, 0.1) is 6.92 Å². The minimum atomic E-state index is -0.0842. The molecular weight excluding hydrogens is 284 g/mol. The zero-order valence-corrected chi connectivity index (χ0v) is 13.1. The van der Waals surface area contributed by atoms with Crippen molar-refractivity contribution >= 4 is 5.91 Å². The molecule has 0 bridgehead atoms. The molecule has 2 aromatic rings. The smallest absolute Gasteiger partial charge is 0.276 e. The Morgan fingerprint density at radius 1 is 1.45 bits per heavy atom. The fraction of sp³-hybridized carbons (Fsp3) is 0.600. The lowest BCUT2D eigenvalue weighted by atomic mass is 9.89. The van der Waals surface area contributed by atoms with E-state index in [2.05, 4.69) is 15.2 Å². The van der Waals surface area contributed by atoms with Crippen LogP contribution in [0.1, 0.15) is 60.6 Å². The predicted octanol–water partition coefficient (Wildman–Crippen LogP) is 2.34. The topological polar surface area (TPSA) is 85.3 Å². The summed E-state index contributed by atoms with van der Waals surface area (Å²) in [5.41, 5.74) is 0.414. The zero-order valence-electron chi connectivity index (χ0n) is 13.1. The Hall–Kier alpha value is -2.18. The number of likely N-dealkylation sites (tertiary alicyclic amines) is 1. The number of piperidine rings is 1. The highest BCUT2D eigenvalue weighted by Gasteiger charge is 2.36. The van der Waals surface area contributed by atoms with Gasteiger partial charge in [0.05, 0.1) is 5.92 Å². The van der Waals surface area contributed by atoms with Gasteiger partial charge in [0.15, 0.2) is 12.1 Å². The van der Waals surface area contributed by atoms with Gasteiger partial charge in [-0.3, -0.25) is 4.79 Å². The monoisotopic (exact) mass is 304 g/mol. The van der Waals surface area contributed by atoms with Gasteiger partial charge in [-0.2, -0.15) is 0 Å². The van der Waals surface area contributed by atoms with Crippen molar-refractivity contribution in [1.82, 2.24) is 20.1 Å². The third-order valence-corrected chi connectivity index (χ3v) is 4.27. The summed E-state index contributed by atoms with van der Waals surface area (Å²) >= 11 is 0. The second-order valence-electron chi connectivity index (χ2n) is 5.62. The summed E-state index contributed by atoms with van der Waals surface area (Å²) in [5, 5.41) is 8.02. The summed E-state index contributed by atoms with van der Waals surface area (Å²) in [7, 11) is 0. The van der Waals surface area contributed by atoms with E-state index in [1.165, 1.54) is 6.39 Å². The molecule has 1 fully saturated rings. The maximum absolute atomic E-state index is 12.8. The first-order chi connectivity index (χ1) is 10.6. The lowest BCUT2D eigenvalue weighted by Gasteiger charge is -2.37. The fourth-order valence-corrected chi connectivity index (χ4v) is 3.05. The van der Waals surface area contributed by atoms with E-state index in [0.717, 1.165) is 12.8 Å². The number of amides is 1. The van der Waals surface area contributed by atoms with Crippen LogP contribution < -0.4 is 0 Å². The predicted molar refractivity (Wildman–Crippen MR) is 77.4 cm³/mol. The molecule has 1 saturated heterocycles. The molecule has 0 spiro atoms. The summed E-state index contributed by atoms with van der Waals surface area (Å²) in [4.78, 5) is 18.7. The third kappa shape index (κ3) is 2.51. The van der Waals surface area contributed by atoms with Crippen LogP contribution in [0.2, 0.25) is 0 Å². The van der Waals surface area contributed by atoms with Crippen LogP contribution in [-0.4, -0.2) is 38.6 Å². The number of hydrogen-bond acceptors (Lipinski definition) is 6. The van der Waals surface area contributed by atoms with Crippen molar-refractivity contribution in [2.24, 2.45) is 0 Å². The zero-order chi connectivity index (χ0) is 15.7. The lowest BCUT2D eigenvalue weighted by molar-refractivity contribution is 0.0575. The molecule has 1 amide bonds. The molecule has 0 aliphatic carbocycles. The summed E-state index contributed by atoms with van der Waals surface area (Å²) < 4.78 is 10.8. The van der Waals surface area contributed by atoms with Crippen LogP contribution in [0.15, 0.2) is 15.2 Å². The van der Waals surface area contributed by atoms with Gasteiger partial charge < -0.3 is 13.7 Å². The Morgan fingerprint density at radius 2 is 2.27 bits per heavy atom. The molecule has 2 aromatic heterocycles. The van der Waals surface area contributed by atoms with E-state index in [-0.39, 0.29) is 17.9 Å². The van der Waals surface area contributed by atoms with E-state index < -0.39 is 0 Å². The summed E-state index contributed by atoms with van der Waals surface area (Å²) in [6.45, 7) is 6.45. The van der Waals surface area contributed by atoms with Crippen molar-refractivity contribution in [3.63, 3.8) is 0 Å². The van der Waals surface area contributed by atoms with Gasteiger partial charge in [-0.25, -0.2) is 4.98 Å². The molecule has 1 aliphatic heterocycles. The van der Waals surface area contributed by atoms with Crippen LogP contribution in [0.3, 0.4) is 0 Å². The quantitative estimate of drug-likeness (QED) is 0.865. The molecular formula is C15H20N4O3. The molecule has 118 valence electrons. The van der Waals surface area contributed by atoms with E-state index in [0.29, 0.717) is 36.2 Å². The number of oxazole rings is 1. The maximum Gasteiger partial charge on any atom is 0.276 e. The second kappa shape index (κ2) is 5.90. The summed E-state index contributed by atoms with van der Waals surface area (Å²) in [6.07, 6.45) is 3.82. The minimum Gasteiger partial charge on any atom is -0.448 e. The number of carbonyl (C=O) groups excluding carboxylic acids is 1. The minimum absolute atomic E-state index is 0.0116. The first-order valence-corrected chi connectivity index (χ1v) is 7.65. The number of hydrogen-bond donors (Lipinski definition) is 0. The van der Waals surface area contributed by atoms with E-state index in [1.807, 2.05) is 18.7 Å². The van der Waals surface area contributed by atoms with Gasteiger partial charge in [0, 0.05) is 25.9 Å². The molecule has 22 heavy (non-hydrogen) atoms. The average Bonchev–Trinajstić information content (AvgIpc) is 3.15. The van der Waals surface area contributed by atoms with Gasteiger partial charge in [-0.05, 0) is 19.8 Å². The molecule has 1 aliphatic rings. The summed E-state index contributed by atoms with van der Waals surface area (Å²) in [6, 6.07) is -0.0116. The third-order valence-electron chi connectivity index (χ3n) is 4.27. The van der Waals surface area contributed by atoms with E-state index >= 15 is 0 Å². The fourth-order valence-electron chi connectivity index (χ4n) is 3.05. The van der Waals surface area contributed by atoms with E-state index in [4.69, 9.17) is 8.83 Å². The standard InChI is InChI=1S/C15H20N4O3/c1-4-12-13(16-8-21-12)15(20)19-7-5-6-11(9(19)2)14-18-17-10(3)22-14/h8-9,11H,4-7H2,1-3H3/t9-,11-/m0/s1. The van der Waals surface area contributed by atoms with Crippen molar-refractivity contribution < 1.29 is 13.6 Å². The molecule has 7 nitrogen and oxygen atoms in total. The highest BCUT2D eigenvalue weighted by atomic mass is 16.4. The Bertz CT molecular complexity index is 663. The van der Waals surface area contributed by atoms with Gasteiger partial charge in [-0.1, -0.05) is 6.92 Å². The normalized spacial score (nSPS) is 22.0. The molecule has 0 N–H and O–H groups in total. The molecule has 0 aromatic carbocycles. The van der Waals surface area contributed by atoms with Crippen LogP contribution in [0.4, 0.5) is 0 Å². The number of rotatable bonds is 3. The van der Waals surface area contributed by atoms with Crippen LogP contribution in [-0.2, 0) is 6.42 Å². The SMILES string of the molecule is CCc1ocnc1C(=O)N1CCC[C@H](c2nnc(C)o2)[C@@H]1C. The van der Waals surface area contributed by atoms with Crippen molar-refractivity contribution in [3.05, 3.63) is 29.6 Å². The number of aromatic nitrogens is 3. The number of carbonyl (C=O) groups is 1. The Labute approximate surface area is 128 Å². The molecule has 3 rings (SSSR count). The molecule has 3 heterocycles. The van der Waals surface area contributed by atoms with E-state index in [1.54, 1.807) is 6.92 Å². The van der Waals surface area contributed by atoms with Gasteiger partial charge in [0.25, 0.3) is 5.91 Å². The maximum atomic E-state index is 12.8. The van der Waals surface area contributed by atoms with Crippen LogP contribution in [0.25, 0.3) is 0 Å². The van der Waals surface area contributed by atoms with Crippen molar-refractivity contribution in [3.8, 4) is 0 Å². The Kier molecular flexibility index (Phi) is 3.96. The Morgan fingerprint density at radius 3 is 2.95 bits per heavy atom. The highest BCUT2D eigenvalue weighted by Crippen LogP contribution is 2.32. The first-order valence-electron chi connectivity index (χ1n) is 7.65. The van der Waals surface area contributed by atoms with Gasteiger partial charge in [-0.15, -0.1) is 10.2 Å². The van der Waals surface area contributed by atoms with Crippen molar-refractivity contribution in [2.75, 3.05) is 6.54 Å². The second-order valence-corrected chi connectivity index (χ2v) is 5.62. The van der Waals surface area contributed by atoms with Gasteiger partial charge >= 0.3 is 0 Å². The van der Waals surface area contributed by atoms with Crippen LogP contribution in [0.5, 0.6) is 0 Å². The lowest BCUT2D eigenvalue weighted by Crippen LogP contribution is -2.46. The molecule has 0 radical (unpaired) electrons. The van der Waals surface area contributed by atoms with Crippen molar-refractivity contribution in [2.45, 2.75) is 52.0 Å². The first kappa shape index (κ1) is 14.7. The molecule has 7 heteroatoms. The average molecular weight is 304 g/mol. The largest absolute Gasteiger partial charge is 0.448 e. The highest BCUT2D eigenvalue weighted by molar-refractivity contribution is 5.93. The van der Waals surface area contributed by atoms with Crippen LogP contribution >= 0.6 is 0 Å². The molecule has 0 saturated carbocycles. The van der Waals surface area contributed by atoms with Crippen molar-refractivity contribution in [1.29, 1.82) is 0 Å².